The first-order chi connectivity index (χ1) is 9.26. The van der Waals surface area contributed by atoms with Crippen LogP contribution in [0.3, 0.4) is 0 Å². The Morgan fingerprint density at radius 1 is 1.11 bits per heavy atom. The lowest BCUT2D eigenvalue weighted by molar-refractivity contribution is 0.836. The molecule has 3 aromatic rings. The second-order valence-electron chi connectivity index (χ2n) is 4.46. The number of halogens is 1. The van der Waals surface area contributed by atoms with Gasteiger partial charge in [-0.3, -0.25) is 0 Å². The molecule has 2 nitrogen and oxygen atoms in total. The molecule has 0 saturated carbocycles. The zero-order chi connectivity index (χ0) is 13.2. The van der Waals surface area contributed by atoms with Crippen molar-refractivity contribution in [3.8, 4) is 6.07 Å². The van der Waals surface area contributed by atoms with Gasteiger partial charge in [-0.05, 0) is 41.3 Å². The van der Waals surface area contributed by atoms with E-state index in [1.807, 2.05) is 48.7 Å². The summed E-state index contributed by atoms with van der Waals surface area (Å²) in [5.74, 6) is 0. The Labute approximate surface area is 116 Å². The summed E-state index contributed by atoms with van der Waals surface area (Å²) in [5, 5.41) is 10.8. The van der Waals surface area contributed by atoms with Gasteiger partial charge < -0.3 is 4.57 Å². The Hall–Kier alpha value is -2.24. The van der Waals surface area contributed by atoms with Gasteiger partial charge in [0.05, 0.1) is 11.6 Å². The smallest absolute Gasteiger partial charge is 0.0991 e. The molecule has 0 atom stereocenters. The summed E-state index contributed by atoms with van der Waals surface area (Å²) >= 11 is 6.04. The summed E-state index contributed by atoms with van der Waals surface area (Å²) in [6.45, 7) is 0.735. The molecule has 3 rings (SSSR count). The van der Waals surface area contributed by atoms with Crippen molar-refractivity contribution in [1.82, 2.24) is 4.57 Å². The van der Waals surface area contributed by atoms with Gasteiger partial charge in [0.2, 0.25) is 0 Å². The third-order valence-electron chi connectivity index (χ3n) is 3.14. The van der Waals surface area contributed by atoms with E-state index in [-0.39, 0.29) is 0 Å². The molecule has 0 amide bonds. The summed E-state index contributed by atoms with van der Waals surface area (Å²) in [6, 6.07) is 17.8. The van der Waals surface area contributed by atoms with Gasteiger partial charge in [-0.2, -0.15) is 5.26 Å². The lowest BCUT2D eigenvalue weighted by Crippen LogP contribution is -1.98. The molecule has 0 spiro atoms. The van der Waals surface area contributed by atoms with Crippen molar-refractivity contribution in [3.05, 3.63) is 70.9 Å². The average Bonchev–Trinajstić information content (AvgIpc) is 2.81. The van der Waals surface area contributed by atoms with Gasteiger partial charge in [-0.25, -0.2) is 0 Å². The molecule has 0 aliphatic heterocycles. The molecule has 19 heavy (non-hydrogen) atoms. The molecular formula is C16H11ClN2. The van der Waals surface area contributed by atoms with Crippen molar-refractivity contribution in [3.63, 3.8) is 0 Å². The highest BCUT2D eigenvalue weighted by Crippen LogP contribution is 2.21. The quantitative estimate of drug-likeness (QED) is 0.683. The van der Waals surface area contributed by atoms with Crippen LogP contribution < -0.4 is 0 Å². The van der Waals surface area contributed by atoms with Crippen LogP contribution in [-0.4, -0.2) is 4.57 Å². The molecule has 0 aliphatic carbocycles. The number of hydrogen-bond acceptors (Lipinski definition) is 1. The lowest BCUT2D eigenvalue weighted by Gasteiger charge is -2.06. The van der Waals surface area contributed by atoms with Gasteiger partial charge in [0, 0.05) is 23.3 Å². The van der Waals surface area contributed by atoms with Gasteiger partial charge in [-0.15, -0.1) is 0 Å². The minimum Gasteiger partial charge on any atom is -0.343 e. The van der Waals surface area contributed by atoms with Crippen LogP contribution in [0.25, 0.3) is 10.9 Å². The minimum absolute atomic E-state index is 0.687. The lowest BCUT2D eigenvalue weighted by atomic mass is 10.1. The predicted octanol–water partition coefficient (Wildman–Crippen LogP) is 4.21. The molecule has 2 aromatic carbocycles. The number of fused-ring (bicyclic) bond motifs is 1. The summed E-state index contributed by atoms with van der Waals surface area (Å²) in [5.41, 5.74) is 2.90. The molecule has 0 saturated heterocycles. The first kappa shape index (κ1) is 11.8. The zero-order valence-electron chi connectivity index (χ0n) is 10.2. The second-order valence-corrected chi connectivity index (χ2v) is 4.90. The molecule has 0 fully saturated rings. The molecule has 1 heterocycles. The summed E-state index contributed by atoms with van der Waals surface area (Å²) in [4.78, 5) is 0. The first-order valence-corrected chi connectivity index (χ1v) is 6.37. The SMILES string of the molecule is N#Cc1cccc(Cn2ccc3ccc(Cl)cc32)c1. The number of benzene rings is 2. The highest BCUT2D eigenvalue weighted by molar-refractivity contribution is 6.31. The van der Waals surface area contributed by atoms with Gasteiger partial charge in [0.15, 0.2) is 0 Å². The second kappa shape index (κ2) is 4.79. The molecule has 0 bridgehead atoms. The van der Waals surface area contributed by atoms with Crippen molar-refractivity contribution in [2.75, 3.05) is 0 Å². The highest BCUT2D eigenvalue weighted by atomic mass is 35.5. The van der Waals surface area contributed by atoms with Crippen LogP contribution in [0.2, 0.25) is 5.02 Å². The Balaban J connectivity index is 2.01. The fourth-order valence-electron chi connectivity index (χ4n) is 2.23. The van der Waals surface area contributed by atoms with E-state index in [2.05, 4.69) is 16.7 Å². The van der Waals surface area contributed by atoms with Gasteiger partial charge in [0.1, 0.15) is 0 Å². The molecule has 0 unspecified atom stereocenters. The minimum atomic E-state index is 0.687. The van der Waals surface area contributed by atoms with Crippen molar-refractivity contribution < 1.29 is 0 Å². The number of hydrogen-bond donors (Lipinski definition) is 0. The standard InChI is InChI=1S/C16H11ClN2/c17-15-5-4-14-6-7-19(16(14)9-15)11-13-3-1-2-12(8-13)10-18/h1-9H,11H2. The fourth-order valence-corrected chi connectivity index (χ4v) is 2.40. The molecule has 0 radical (unpaired) electrons. The maximum atomic E-state index is 8.92. The topological polar surface area (TPSA) is 28.7 Å². The van der Waals surface area contributed by atoms with Gasteiger partial charge in [0.25, 0.3) is 0 Å². The zero-order valence-corrected chi connectivity index (χ0v) is 10.9. The van der Waals surface area contributed by atoms with Crippen molar-refractivity contribution in [2.24, 2.45) is 0 Å². The van der Waals surface area contributed by atoms with E-state index in [0.29, 0.717) is 5.56 Å². The predicted molar refractivity (Wildman–Crippen MR) is 77.2 cm³/mol. The maximum Gasteiger partial charge on any atom is 0.0991 e. The molecule has 3 heteroatoms. The number of nitriles is 1. The largest absolute Gasteiger partial charge is 0.343 e. The van der Waals surface area contributed by atoms with Crippen LogP contribution in [0.15, 0.2) is 54.7 Å². The van der Waals surface area contributed by atoms with Crippen LogP contribution in [0.1, 0.15) is 11.1 Å². The summed E-state index contributed by atoms with van der Waals surface area (Å²) in [7, 11) is 0. The Kier molecular flexibility index (Phi) is 2.98. The van der Waals surface area contributed by atoms with Crippen molar-refractivity contribution in [2.45, 2.75) is 6.54 Å². The van der Waals surface area contributed by atoms with Crippen LogP contribution in [0, 0.1) is 11.3 Å². The maximum absolute atomic E-state index is 8.92. The highest BCUT2D eigenvalue weighted by Gasteiger charge is 2.03. The van der Waals surface area contributed by atoms with E-state index in [4.69, 9.17) is 16.9 Å². The monoisotopic (exact) mass is 266 g/mol. The van der Waals surface area contributed by atoms with Crippen LogP contribution in [0.4, 0.5) is 0 Å². The van der Waals surface area contributed by atoms with E-state index in [0.717, 1.165) is 22.6 Å². The van der Waals surface area contributed by atoms with Crippen molar-refractivity contribution in [1.29, 1.82) is 5.26 Å². The van der Waals surface area contributed by atoms with E-state index >= 15 is 0 Å². The van der Waals surface area contributed by atoms with Crippen LogP contribution in [-0.2, 0) is 6.54 Å². The fraction of sp³-hybridized carbons (Fsp3) is 0.0625. The third-order valence-corrected chi connectivity index (χ3v) is 3.38. The summed E-state index contributed by atoms with van der Waals surface area (Å²) in [6.07, 6.45) is 2.04. The van der Waals surface area contributed by atoms with E-state index < -0.39 is 0 Å². The van der Waals surface area contributed by atoms with E-state index in [9.17, 15) is 0 Å². The number of nitrogens with zero attached hydrogens (tertiary/aromatic N) is 2. The number of rotatable bonds is 2. The van der Waals surface area contributed by atoms with Crippen molar-refractivity contribution >= 4 is 22.5 Å². The molecule has 1 aromatic heterocycles. The third kappa shape index (κ3) is 2.33. The van der Waals surface area contributed by atoms with E-state index in [1.165, 1.54) is 5.39 Å². The van der Waals surface area contributed by atoms with Crippen LogP contribution >= 0.6 is 11.6 Å². The molecular weight excluding hydrogens is 256 g/mol. The van der Waals surface area contributed by atoms with Gasteiger partial charge in [-0.1, -0.05) is 29.8 Å². The molecule has 0 aliphatic rings. The molecule has 0 N–H and O–H groups in total. The Bertz CT molecular complexity index is 781. The van der Waals surface area contributed by atoms with Gasteiger partial charge >= 0.3 is 0 Å². The van der Waals surface area contributed by atoms with Crippen LogP contribution in [0.5, 0.6) is 0 Å². The average molecular weight is 267 g/mol. The molecule has 92 valence electrons. The normalized spacial score (nSPS) is 10.5. The first-order valence-electron chi connectivity index (χ1n) is 6.00. The Morgan fingerprint density at radius 3 is 2.84 bits per heavy atom. The number of aromatic nitrogens is 1. The van der Waals surface area contributed by atoms with E-state index in [1.54, 1.807) is 0 Å². The Morgan fingerprint density at radius 2 is 2.00 bits per heavy atom. The summed E-state index contributed by atoms with van der Waals surface area (Å²) < 4.78 is 2.14.